The summed E-state index contributed by atoms with van der Waals surface area (Å²) in [5.74, 6) is -0.223. The summed E-state index contributed by atoms with van der Waals surface area (Å²) < 4.78 is 18.8. The quantitative estimate of drug-likeness (QED) is 0.763. The van der Waals surface area contributed by atoms with E-state index in [4.69, 9.17) is 17.0 Å². The lowest BCUT2D eigenvalue weighted by atomic mass is 10.0. The van der Waals surface area contributed by atoms with Gasteiger partial charge < -0.3 is 15.4 Å². The summed E-state index contributed by atoms with van der Waals surface area (Å²) in [7, 11) is 0. The van der Waals surface area contributed by atoms with Crippen LogP contribution >= 0.6 is 12.2 Å². The first-order chi connectivity index (χ1) is 13.0. The average Bonchev–Trinajstić information content (AvgIpc) is 2.67. The van der Waals surface area contributed by atoms with Crippen molar-refractivity contribution in [2.24, 2.45) is 0 Å². The number of rotatable bonds is 5. The van der Waals surface area contributed by atoms with Crippen LogP contribution in [0.15, 0.2) is 42.5 Å². The summed E-state index contributed by atoms with van der Waals surface area (Å²) >= 11 is 5.52. The molecule has 0 amide bonds. The van der Waals surface area contributed by atoms with Crippen LogP contribution in [0.1, 0.15) is 22.7 Å². The second kappa shape index (κ2) is 9.26. The SMILES string of the molecule is Cc1cccc(C)c1NC(=S)NCC(c1ccc(F)cc1)N1CCOCC1. The largest absolute Gasteiger partial charge is 0.379 e. The number of hydrogen-bond acceptors (Lipinski definition) is 3. The van der Waals surface area contributed by atoms with E-state index in [1.54, 1.807) is 0 Å². The van der Waals surface area contributed by atoms with E-state index in [9.17, 15) is 4.39 Å². The van der Waals surface area contributed by atoms with Crippen LogP contribution in [-0.2, 0) is 4.74 Å². The van der Waals surface area contributed by atoms with Crippen molar-refractivity contribution in [3.63, 3.8) is 0 Å². The zero-order valence-corrected chi connectivity index (χ0v) is 16.6. The zero-order chi connectivity index (χ0) is 19.2. The number of benzene rings is 2. The molecule has 1 aliphatic heterocycles. The number of para-hydroxylation sites is 1. The van der Waals surface area contributed by atoms with Gasteiger partial charge in [0.1, 0.15) is 5.82 Å². The van der Waals surface area contributed by atoms with Gasteiger partial charge in [-0.05, 0) is 54.9 Å². The Morgan fingerprint density at radius 2 is 1.74 bits per heavy atom. The normalized spacial score (nSPS) is 16.0. The molecule has 4 nitrogen and oxygen atoms in total. The Balaban J connectivity index is 1.68. The smallest absolute Gasteiger partial charge is 0.170 e. The van der Waals surface area contributed by atoms with Gasteiger partial charge in [0, 0.05) is 25.3 Å². The fourth-order valence-corrected chi connectivity index (χ4v) is 3.58. The summed E-state index contributed by atoms with van der Waals surface area (Å²) in [6.07, 6.45) is 0. The third-order valence-electron chi connectivity index (χ3n) is 4.92. The van der Waals surface area contributed by atoms with Crippen LogP contribution in [-0.4, -0.2) is 42.9 Å². The van der Waals surface area contributed by atoms with Gasteiger partial charge >= 0.3 is 0 Å². The molecule has 0 bridgehead atoms. The van der Waals surface area contributed by atoms with E-state index >= 15 is 0 Å². The third kappa shape index (κ3) is 5.25. The summed E-state index contributed by atoms with van der Waals surface area (Å²) in [4.78, 5) is 2.35. The van der Waals surface area contributed by atoms with Gasteiger partial charge in [0.05, 0.1) is 19.3 Å². The topological polar surface area (TPSA) is 36.5 Å². The second-order valence-corrected chi connectivity index (χ2v) is 7.23. The maximum Gasteiger partial charge on any atom is 0.170 e. The molecule has 0 aliphatic carbocycles. The average molecular weight is 388 g/mol. The van der Waals surface area contributed by atoms with Gasteiger partial charge in [-0.2, -0.15) is 0 Å². The van der Waals surface area contributed by atoms with Crippen molar-refractivity contribution in [1.82, 2.24) is 10.2 Å². The number of nitrogens with zero attached hydrogens (tertiary/aromatic N) is 1. The lowest BCUT2D eigenvalue weighted by Crippen LogP contribution is -2.44. The van der Waals surface area contributed by atoms with Crippen molar-refractivity contribution in [2.45, 2.75) is 19.9 Å². The van der Waals surface area contributed by atoms with E-state index in [-0.39, 0.29) is 11.9 Å². The van der Waals surface area contributed by atoms with Crippen LogP contribution in [0.3, 0.4) is 0 Å². The molecule has 1 atom stereocenters. The van der Waals surface area contributed by atoms with Gasteiger partial charge in [0.15, 0.2) is 5.11 Å². The number of nitrogens with one attached hydrogen (secondary N) is 2. The van der Waals surface area contributed by atoms with Crippen LogP contribution in [0.4, 0.5) is 10.1 Å². The van der Waals surface area contributed by atoms with Crippen LogP contribution in [0.25, 0.3) is 0 Å². The number of hydrogen-bond donors (Lipinski definition) is 2. The fraction of sp³-hybridized carbons (Fsp3) is 0.381. The number of aryl methyl sites for hydroxylation is 2. The first-order valence-electron chi connectivity index (χ1n) is 9.23. The van der Waals surface area contributed by atoms with Crippen LogP contribution < -0.4 is 10.6 Å². The van der Waals surface area contributed by atoms with Gasteiger partial charge in [0.25, 0.3) is 0 Å². The van der Waals surface area contributed by atoms with E-state index in [1.165, 1.54) is 12.1 Å². The molecule has 2 aromatic carbocycles. The minimum absolute atomic E-state index is 0.104. The number of morpholine rings is 1. The first kappa shape index (κ1) is 19.7. The monoisotopic (exact) mass is 387 g/mol. The Morgan fingerprint density at radius 3 is 2.37 bits per heavy atom. The molecule has 1 fully saturated rings. The zero-order valence-electron chi connectivity index (χ0n) is 15.8. The molecule has 0 spiro atoms. The predicted octanol–water partition coefficient (Wildman–Crippen LogP) is 3.80. The molecule has 1 unspecified atom stereocenters. The van der Waals surface area contributed by atoms with E-state index in [2.05, 4.69) is 41.5 Å². The molecule has 1 saturated heterocycles. The summed E-state index contributed by atoms with van der Waals surface area (Å²) in [6, 6.07) is 13.0. The van der Waals surface area contributed by atoms with Crippen LogP contribution in [0, 0.1) is 19.7 Å². The van der Waals surface area contributed by atoms with Crippen molar-refractivity contribution in [3.05, 3.63) is 65.0 Å². The fourth-order valence-electron chi connectivity index (χ4n) is 3.39. The van der Waals surface area contributed by atoms with E-state index in [1.807, 2.05) is 18.2 Å². The second-order valence-electron chi connectivity index (χ2n) is 6.82. The van der Waals surface area contributed by atoms with Crippen molar-refractivity contribution >= 4 is 23.0 Å². The molecule has 0 saturated carbocycles. The minimum Gasteiger partial charge on any atom is -0.379 e. The van der Waals surface area contributed by atoms with Gasteiger partial charge in [0.2, 0.25) is 0 Å². The first-order valence-corrected chi connectivity index (χ1v) is 9.64. The van der Waals surface area contributed by atoms with Crippen LogP contribution in [0.2, 0.25) is 0 Å². The molecular formula is C21H26FN3OS. The standard InChI is InChI=1S/C21H26FN3OS/c1-15-4-3-5-16(2)20(15)24-21(27)23-14-19(25-10-12-26-13-11-25)17-6-8-18(22)9-7-17/h3-9,19H,10-14H2,1-2H3,(H2,23,24,27). The lowest BCUT2D eigenvalue weighted by Gasteiger charge is -2.35. The van der Waals surface area contributed by atoms with Crippen molar-refractivity contribution < 1.29 is 9.13 Å². The maximum atomic E-state index is 13.3. The molecule has 27 heavy (non-hydrogen) atoms. The predicted molar refractivity (Wildman–Crippen MR) is 112 cm³/mol. The molecule has 3 rings (SSSR count). The van der Waals surface area contributed by atoms with Gasteiger partial charge in [-0.1, -0.05) is 30.3 Å². The molecule has 0 aromatic heterocycles. The van der Waals surface area contributed by atoms with Gasteiger partial charge in [-0.3, -0.25) is 4.90 Å². The number of thiocarbonyl (C=S) groups is 1. The van der Waals surface area contributed by atoms with Gasteiger partial charge in [-0.25, -0.2) is 4.39 Å². The summed E-state index contributed by atoms with van der Waals surface area (Å²) in [5.41, 5.74) is 4.42. The maximum absolute atomic E-state index is 13.3. The third-order valence-corrected chi connectivity index (χ3v) is 5.16. The Bertz CT molecular complexity index is 755. The molecule has 144 valence electrons. The molecule has 1 heterocycles. The highest BCUT2D eigenvalue weighted by Crippen LogP contribution is 2.22. The minimum atomic E-state index is -0.223. The highest BCUT2D eigenvalue weighted by Gasteiger charge is 2.23. The van der Waals surface area contributed by atoms with Crippen LogP contribution in [0.5, 0.6) is 0 Å². The summed E-state index contributed by atoms with van der Waals surface area (Å²) in [6.45, 7) is 7.88. The van der Waals surface area contributed by atoms with E-state index in [0.29, 0.717) is 24.9 Å². The van der Waals surface area contributed by atoms with E-state index in [0.717, 1.165) is 35.5 Å². The Kier molecular flexibility index (Phi) is 6.77. The highest BCUT2D eigenvalue weighted by atomic mass is 32.1. The summed E-state index contributed by atoms with van der Waals surface area (Å²) in [5, 5.41) is 7.25. The highest BCUT2D eigenvalue weighted by molar-refractivity contribution is 7.80. The van der Waals surface area contributed by atoms with Crippen molar-refractivity contribution in [2.75, 3.05) is 38.2 Å². The van der Waals surface area contributed by atoms with E-state index < -0.39 is 0 Å². The van der Waals surface area contributed by atoms with Gasteiger partial charge in [-0.15, -0.1) is 0 Å². The molecule has 6 heteroatoms. The Morgan fingerprint density at radius 1 is 1.11 bits per heavy atom. The number of anilines is 1. The van der Waals surface area contributed by atoms with Crippen molar-refractivity contribution in [3.8, 4) is 0 Å². The molecular weight excluding hydrogens is 361 g/mol. The molecule has 2 N–H and O–H groups in total. The molecule has 1 aliphatic rings. The lowest BCUT2D eigenvalue weighted by molar-refractivity contribution is 0.0170. The van der Waals surface area contributed by atoms with Crippen molar-refractivity contribution in [1.29, 1.82) is 0 Å². The molecule has 0 radical (unpaired) electrons. The Hall–Kier alpha value is -2.02. The number of ether oxygens (including phenoxy) is 1. The molecule has 2 aromatic rings. The number of halogens is 1. The Labute approximate surface area is 165 Å².